The van der Waals surface area contributed by atoms with Crippen molar-refractivity contribution in [1.82, 2.24) is 0 Å². The number of rotatable bonds is 5. The third-order valence-corrected chi connectivity index (χ3v) is 11.7. The molecule has 3 heteroatoms. The molecule has 0 aromatic carbocycles. The second-order valence-electron chi connectivity index (χ2n) is 13.2. The van der Waals surface area contributed by atoms with E-state index in [0.717, 1.165) is 42.6 Å². The molecule has 32 heavy (non-hydrogen) atoms. The van der Waals surface area contributed by atoms with Crippen LogP contribution in [0.2, 0.25) is 0 Å². The van der Waals surface area contributed by atoms with Gasteiger partial charge in [-0.05, 0) is 103 Å². The Morgan fingerprint density at radius 1 is 1.00 bits per heavy atom. The molecular formula is C29H48O3. The average Bonchev–Trinajstić information content (AvgIpc) is 3.44. The number of ether oxygens (including phenoxy) is 1. The van der Waals surface area contributed by atoms with Crippen molar-refractivity contribution in [1.29, 1.82) is 0 Å². The summed E-state index contributed by atoms with van der Waals surface area (Å²) < 4.78 is 6.38. The molecule has 1 heterocycles. The van der Waals surface area contributed by atoms with Crippen LogP contribution >= 0.6 is 0 Å². The predicted octanol–water partition coefficient (Wildman–Crippen LogP) is 5.98. The number of fused-ring (bicyclic) bond motifs is 5. The normalized spacial score (nSPS) is 52.0. The summed E-state index contributed by atoms with van der Waals surface area (Å²) in [6.45, 7) is 14.6. The number of allylic oxidation sites excluding steroid dienone is 1. The fourth-order valence-corrected chi connectivity index (χ4v) is 9.84. The fourth-order valence-electron chi connectivity index (χ4n) is 9.84. The maximum absolute atomic E-state index is 10.7. The van der Waals surface area contributed by atoms with Gasteiger partial charge in [-0.15, -0.1) is 0 Å². The maximum atomic E-state index is 10.7. The van der Waals surface area contributed by atoms with E-state index >= 15 is 0 Å². The molecule has 0 aromatic rings. The Kier molecular flexibility index (Phi) is 5.91. The van der Waals surface area contributed by atoms with Gasteiger partial charge in [0, 0.05) is 0 Å². The Bertz CT molecular complexity index is 745. The van der Waals surface area contributed by atoms with Crippen molar-refractivity contribution in [3.63, 3.8) is 0 Å². The van der Waals surface area contributed by atoms with Gasteiger partial charge in [-0.2, -0.15) is 0 Å². The maximum Gasteiger partial charge on any atom is 0.101 e. The molecule has 2 N–H and O–H groups in total. The van der Waals surface area contributed by atoms with Crippen molar-refractivity contribution in [2.24, 2.45) is 52.3 Å². The molecule has 1 aliphatic heterocycles. The van der Waals surface area contributed by atoms with Crippen molar-refractivity contribution < 1.29 is 14.9 Å². The smallest absolute Gasteiger partial charge is 0.101 e. The SMILES string of the molecule is CC[C@@H](C(C)C)[C@H]1O[C@@H]1[C@@H](C)[C@H]1CC[C@H]2[C@@H]3CC=C4[C@@H](O)[C@H](O)CC[C@]4(C)[C@H]3CC[C@]12C. The first-order valence-electron chi connectivity index (χ1n) is 13.9. The van der Waals surface area contributed by atoms with E-state index in [4.69, 9.17) is 4.74 Å². The highest BCUT2D eigenvalue weighted by molar-refractivity contribution is 5.29. The molecule has 3 saturated carbocycles. The minimum absolute atomic E-state index is 0.0862. The quantitative estimate of drug-likeness (QED) is 0.405. The Balaban J connectivity index is 1.34. The van der Waals surface area contributed by atoms with Gasteiger partial charge >= 0.3 is 0 Å². The number of aliphatic hydroxyl groups is 2. The van der Waals surface area contributed by atoms with E-state index in [2.05, 4.69) is 47.6 Å². The minimum Gasteiger partial charge on any atom is -0.390 e. The van der Waals surface area contributed by atoms with Crippen molar-refractivity contribution in [3.8, 4) is 0 Å². The molecule has 0 aromatic heterocycles. The van der Waals surface area contributed by atoms with E-state index in [1.165, 1.54) is 32.1 Å². The van der Waals surface area contributed by atoms with Crippen LogP contribution < -0.4 is 0 Å². The van der Waals surface area contributed by atoms with Crippen LogP contribution in [0.1, 0.15) is 92.9 Å². The van der Waals surface area contributed by atoms with E-state index in [1.807, 2.05) is 0 Å². The van der Waals surface area contributed by atoms with Gasteiger partial charge in [0.1, 0.15) is 6.10 Å². The number of aliphatic hydroxyl groups excluding tert-OH is 2. The van der Waals surface area contributed by atoms with E-state index < -0.39 is 12.2 Å². The molecule has 5 rings (SSSR count). The lowest BCUT2D eigenvalue weighted by Gasteiger charge is -2.59. The zero-order valence-electron chi connectivity index (χ0n) is 21.4. The van der Waals surface area contributed by atoms with Crippen molar-refractivity contribution in [2.45, 2.75) is 117 Å². The van der Waals surface area contributed by atoms with E-state index in [1.54, 1.807) is 0 Å². The molecule has 3 nitrogen and oxygen atoms in total. The zero-order chi connectivity index (χ0) is 23.0. The molecule has 0 amide bonds. The second kappa shape index (κ2) is 8.09. The van der Waals surface area contributed by atoms with Gasteiger partial charge in [0.15, 0.2) is 0 Å². The highest BCUT2D eigenvalue weighted by atomic mass is 16.6. The summed E-state index contributed by atoms with van der Waals surface area (Å²) in [6.07, 6.45) is 11.6. The van der Waals surface area contributed by atoms with Crippen LogP contribution in [0, 0.1) is 52.3 Å². The van der Waals surface area contributed by atoms with Gasteiger partial charge in [0.05, 0.1) is 18.3 Å². The Labute approximate surface area is 196 Å². The molecule has 4 aliphatic carbocycles. The van der Waals surface area contributed by atoms with E-state index in [-0.39, 0.29) is 5.41 Å². The molecule has 0 unspecified atom stereocenters. The Morgan fingerprint density at radius 3 is 2.44 bits per heavy atom. The van der Waals surface area contributed by atoms with E-state index in [0.29, 0.717) is 41.3 Å². The van der Waals surface area contributed by atoms with Crippen molar-refractivity contribution in [2.75, 3.05) is 0 Å². The summed E-state index contributed by atoms with van der Waals surface area (Å²) >= 11 is 0. The molecule has 0 bridgehead atoms. The largest absolute Gasteiger partial charge is 0.390 e. The van der Waals surface area contributed by atoms with Gasteiger partial charge < -0.3 is 14.9 Å². The number of epoxide rings is 1. The highest BCUT2D eigenvalue weighted by Gasteiger charge is 2.62. The Morgan fingerprint density at radius 2 is 1.75 bits per heavy atom. The summed E-state index contributed by atoms with van der Waals surface area (Å²) in [6, 6.07) is 0. The fraction of sp³-hybridized carbons (Fsp3) is 0.931. The van der Waals surface area contributed by atoms with Gasteiger partial charge in [0.2, 0.25) is 0 Å². The zero-order valence-corrected chi connectivity index (χ0v) is 21.4. The predicted molar refractivity (Wildman–Crippen MR) is 129 cm³/mol. The van der Waals surface area contributed by atoms with E-state index in [9.17, 15) is 10.2 Å². The average molecular weight is 445 g/mol. The summed E-state index contributed by atoms with van der Waals surface area (Å²) in [5.74, 6) is 5.08. The van der Waals surface area contributed by atoms with Crippen molar-refractivity contribution in [3.05, 3.63) is 11.6 Å². The van der Waals surface area contributed by atoms with Crippen LogP contribution in [0.25, 0.3) is 0 Å². The lowest BCUT2D eigenvalue weighted by molar-refractivity contribution is -0.0806. The molecular weight excluding hydrogens is 396 g/mol. The van der Waals surface area contributed by atoms with Gasteiger partial charge in [-0.3, -0.25) is 0 Å². The van der Waals surface area contributed by atoms with Gasteiger partial charge in [-0.25, -0.2) is 0 Å². The van der Waals surface area contributed by atoms with Gasteiger partial charge in [0.25, 0.3) is 0 Å². The summed E-state index contributed by atoms with van der Waals surface area (Å²) in [7, 11) is 0. The first-order valence-corrected chi connectivity index (χ1v) is 13.9. The molecule has 1 saturated heterocycles. The number of hydrogen-bond acceptors (Lipinski definition) is 3. The van der Waals surface area contributed by atoms with Crippen molar-refractivity contribution >= 4 is 0 Å². The molecule has 4 fully saturated rings. The minimum atomic E-state index is -0.643. The molecule has 12 atom stereocenters. The molecule has 182 valence electrons. The van der Waals surface area contributed by atoms with Gasteiger partial charge in [-0.1, -0.05) is 54.0 Å². The topological polar surface area (TPSA) is 53.0 Å². The lowest BCUT2D eigenvalue weighted by Crippen LogP contribution is -2.54. The summed E-state index contributed by atoms with van der Waals surface area (Å²) in [5, 5.41) is 21.0. The second-order valence-corrected chi connectivity index (χ2v) is 13.2. The summed E-state index contributed by atoms with van der Waals surface area (Å²) in [4.78, 5) is 0. The highest BCUT2D eigenvalue weighted by Crippen LogP contribution is 2.68. The van der Waals surface area contributed by atoms with Crippen LogP contribution in [-0.4, -0.2) is 34.6 Å². The monoisotopic (exact) mass is 444 g/mol. The first-order chi connectivity index (χ1) is 15.1. The molecule has 0 spiro atoms. The Hall–Kier alpha value is -0.380. The summed E-state index contributed by atoms with van der Waals surface area (Å²) in [5.41, 5.74) is 1.69. The lowest BCUT2D eigenvalue weighted by atomic mass is 9.46. The van der Waals surface area contributed by atoms with Crippen LogP contribution in [0.15, 0.2) is 11.6 Å². The van der Waals surface area contributed by atoms with Crippen LogP contribution in [0.5, 0.6) is 0 Å². The first kappa shape index (κ1) is 23.4. The van der Waals surface area contributed by atoms with Crippen LogP contribution in [-0.2, 0) is 4.74 Å². The number of hydrogen-bond donors (Lipinski definition) is 2. The molecule has 0 radical (unpaired) electrons. The molecule has 5 aliphatic rings. The third kappa shape index (κ3) is 3.31. The van der Waals surface area contributed by atoms with Crippen LogP contribution in [0.3, 0.4) is 0 Å². The van der Waals surface area contributed by atoms with Crippen LogP contribution in [0.4, 0.5) is 0 Å². The third-order valence-electron chi connectivity index (χ3n) is 11.7. The standard InChI is InChI=1S/C29H48O3/c1-7-18(16(2)3)27-26(32-27)17(4)20-10-11-21-19-8-9-23-25(31)24(30)13-15-29(23,6)22(19)12-14-28(20,21)5/h9,16-22,24-27,30-31H,7-8,10-15H2,1-6H3/t17-,18-,19-,20+,21-,22-,24+,25+,26+,27+,28+,29+/m0/s1.